The number of ether oxygens (including phenoxy) is 2. The molecular weight excluding hydrogens is 514 g/mol. The van der Waals surface area contributed by atoms with Gasteiger partial charge in [-0.25, -0.2) is 4.79 Å². The summed E-state index contributed by atoms with van der Waals surface area (Å²) < 4.78 is 11.2. The molecule has 0 spiro atoms. The number of rotatable bonds is 6. The van der Waals surface area contributed by atoms with E-state index in [9.17, 15) is 9.59 Å². The third kappa shape index (κ3) is 5.16. The summed E-state index contributed by atoms with van der Waals surface area (Å²) in [7, 11) is 0. The minimum Gasteiger partial charge on any atom is -0.490 e. The van der Waals surface area contributed by atoms with Crippen molar-refractivity contribution in [2.24, 2.45) is 10.1 Å². The number of nitrogens with one attached hydrogen (secondary N) is 1. The Bertz CT molecular complexity index is 1500. The predicted octanol–water partition coefficient (Wildman–Crippen LogP) is 5.02. The molecule has 1 N–H and O–H groups in total. The zero-order valence-electron chi connectivity index (χ0n) is 19.3. The van der Waals surface area contributed by atoms with Gasteiger partial charge in [0.15, 0.2) is 17.3 Å². The number of thioether (sulfide) groups is 1. The van der Waals surface area contributed by atoms with Crippen molar-refractivity contribution in [2.45, 2.75) is 6.92 Å². The van der Waals surface area contributed by atoms with Crippen LogP contribution < -0.4 is 9.47 Å². The highest BCUT2D eigenvalue weighted by molar-refractivity contribution is 8.27. The Labute approximate surface area is 221 Å². The number of carbonyl (C=O) groups is 2. The van der Waals surface area contributed by atoms with E-state index in [0.717, 1.165) is 5.56 Å². The SMILES string of the molecule is CCOc1cc(/C=C2/C(=N)N3N=C(c4cccnc4)SC3=NC2=O)ccc1OC(=O)c1ccc(Cl)cc1. The average Bonchev–Trinajstić information content (AvgIpc) is 3.33. The molecule has 0 bridgehead atoms. The van der Waals surface area contributed by atoms with Gasteiger partial charge in [-0.05, 0) is 78.9 Å². The van der Waals surface area contributed by atoms with Crippen molar-refractivity contribution in [1.82, 2.24) is 9.99 Å². The van der Waals surface area contributed by atoms with Crippen molar-refractivity contribution in [2.75, 3.05) is 6.61 Å². The lowest BCUT2D eigenvalue weighted by atomic mass is 10.1. The van der Waals surface area contributed by atoms with Crippen LogP contribution in [0.2, 0.25) is 5.02 Å². The third-order valence-electron chi connectivity index (χ3n) is 5.22. The standard InChI is InChI=1S/C26H18ClN5O4S/c1-2-35-21-13-15(5-10-20(21)36-25(34)16-6-8-18(27)9-7-16)12-19-22(28)32-26(30-23(19)33)37-24(31-32)17-4-3-11-29-14-17/h3-14,28H,2H2,1H3/b19-12-,28-22?. The molecule has 2 aliphatic rings. The summed E-state index contributed by atoms with van der Waals surface area (Å²) in [6, 6.07) is 14.8. The Balaban J connectivity index is 1.41. The average molecular weight is 532 g/mol. The Morgan fingerprint density at radius 1 is 1.16 bits per heavy atom. The number of aliphatic imine (C=N–C) groups is 1. The van der Waals surface area contributed by atoms with Gasteiger partial charge in [-0.1, -0.05) is 17.7 Å². The van der Waals surface area contributed by atoms with E-state index in [1.165, 1.54) is 22.8 Å². The topological polar surface area (TPSA) is 117 Å². The molecule has 0 saturated carbocycles. The number of aromatic nitrogens is 1. The lowest BCUT2D eigenvalue weighted by Gasteiger charge is -2.20. The summed E-state index contributed by atoms with van der Waals surface area (Å²) in [6.45, 7) is 2.13. The molecule has 37 heavy (non-hydrogen) atoms. The number of hydrogen-bond donors (Lipinski definition) is 1. The van der Waals surface area contributed by atoms with Crippen LogP contribution >= 0.6 is 23.4 Å². The normalized spacial score (nSPS) is 15.8. The predicted molar refractivity (Wildman–Crippen MR) is 142 cm³/mol. The van der Waals surface area contributed by atoms with Crippen LogP contribution in [0.3, 0.4) is 0 Å². The molecule has 0 radical (unpaired) electrons. The molecular formula is C26H18ClN5O4S. The largest absolute Gasteiger partial charge is 0.490 e. The zero-order chi connectivity index (χ0) is 25.9. The van der Waals surface area contributed by atoms with E-state index in [-0.39, 0.29) is 17.2 Å². The Kier molecular flexibility index (Phi) is 6.85. The zero-order valence-corrected chi connectivity index (χ0v) is 20.9. The van der Waals surface area contributed by atoms with Gasteiger partial charge in [0, 0.05) is 23.0 Å². The molecule has 3 heterocycles. The number of hydrazone groups is 1. The fourth-order valence-corrected chi connectivity index (χ4v) is 4.48. The summed E-state index contributed by atoms with van der Waals surface area (Å²) in [6.07, 6.45) is 4.84. The summed E-state index contributed by atoms with van der Waals surface area (Å²) in [5, 5.41) is 15.8. The minimum absolute atomic E-state index is 0.0638. The highest BCUT2D eigenvalue weighted by Crippen LogP contribution is 2.33. The van der Waals surface area contributed by atoms with Crippen molar-refractivity contribution >= 4 is 57.4 Å². The first-order chi connectivity index (χ1) is 17.9. The molecule has 0 saturated heterocycles. The molecule has 9 nitrogen and oxygen atoms in total. The van der Waals surface area contributed by atoms with Gasteiger partial charge in [-0.15, -0.1) is 0 Å². The molecule has 0 atom stereocenters. The lowest BCUT2D eigenvalue weighted by molar-refractivity contribution is -0.114. The Morgan fingerprint density at radius 2 is 1.97 bits per heavy atom. The van der Waals surface area contributed by atoms with E-state index in [2.05, 4.69) is 15.1 Å². The van der Waals surface area contributed by atoms with Gasteiger partial charge >= 0.3 is 5.97 Å². The van der Waals surface area contributed by atoms with Gasteiger partial charge in [0.2, 0.25) is 5.17 Å². The first kappa shape index (κ1) is 24.4. The lowest BCUT2D eigenvalue weighted by Crippen LogP contribution is -2.35. The molecule has 5 rings (SSSR count). The van der Waals surface area contributed by atoms with Gasteiger partial charge in [0.1, 0.15) is 5.04 Å². The molecule has 0 fully saturated rings. The number of benzene rings is 2. The third-order valence-corrected chi connectivity index (χ3v) is 6.43. The van der Waals surface area contributed by atoms with E-state index in [4.69, 9.17) is 26.5 Å². The maximum Gasteiger partial charge on any atom is 0.343 e. The van der Waals surface area contributed by atoms with Crippen LogP contribution in [0.25, 0.3) is 6.08 Å². The van der Waals surface area contributed by atoms with E-state index in [0.29, 0.717) is 38.7 Å². The molecule has 2 aromatic carbocycles. The number of amides is 1. The van der Waals surface area contributed by atoms with Crippen molar-refractivity contribution < 1.29 is 19.1 Å². The van der Waals surface area contributed by atoms with Crippen LogP contribution in [-0.4, -0.2) is 44.5 Å². The number of pyridine rings is 1. The fraction of sp³-hybridized carbons (Fsp3) is 0.0769. The van der Waals surface area contributed by atoms with Gasteiger partial charge in [-0.2, -0.15) is 15.1 Å². The van der Waals surface area contributed by atoms with Crippen molar-refractivity contribution in [3.63, 3.8) is 0 Å². The number of carbonyl (C=O) groups excluding carboxylic acids is 2. The highest BCUT2D eigenvalue weighted by atomic mass is 35.5. The van der Waals surface area contributed by atoms with E-state index >= 15 is 0 Å². The van der Waals surface area contributed by atoms with Crippen molar-refractivity contribution in [1.29, 1.82) is 5.41 Å². The molecule has 1 aromatic heterocycles. The van der Waals surface area contributed by atoms with Crippen LogP contribution in [0, 0.1) is 5.41 Å². The monoisotopic (exact) mass is 531 g/mol. The minimum atomic E-state index is -0.566. The van der Waals surface area contributed by atoms with Gasteiger partial charge < -0.3 is 9.47 Å². The van der Waals surface area contributed by atoms with Crippen molar-refractivity contribution in [3.8, 4) is 11.5 Å². The maximum atomic E-state index is 12.8. The van der Waals surface area contributed by atoms with Crippen LogP contribution in [-0.2, 0) is 4.79 Å². The van der Waals surface area contributed by atoms with Gasteiger partial charge in [0.25, 0.3) is 5.91 Å². The Hall–Kier alpha value is -4.28. The fourth-order valence-electron chi connectivity index (χ4n) is 3.48. The number of amidine groups is 2. The van der Waals surface area contributed by atoms with Crippen molar-refractivity contribution in [3.05, 3.63) is 94.3 Å². The van der Waals surface area contributed by atoms with Crippen LogP contribution in [0.1, 0.15) is 28.4 Å². The van der Waals surface area contributed by atoms with Gasteiger partial charge in [0.05, 0.1) is 17.7 Å². The number of hydrogen-bond acceptors (Lipinski definition) is 8. The Morgan fingerprint density at radius 3 is 2.70 bits per heavy atom. The molecule has 11 heteroatoms. The molecule has 0 aliphatic carbocycles. The molecule has 3 aromatic rings. The van der Waals surface area contributed by atoms with E-state index < -0.39 is 11.9 Å². The summed E-state index contributed by atoms with van der Waals surface area (Å²) in [5.41, 5.74) is 1.72. The van der Waals surface area contributed by atoms with Gasteiger partial charge in [-0.3, -0.25) is 15.2 Å². The highest BCUT2D eigenvalue weighted by Gasteiger charge is 2.36. The summed E-state index contributed by atoms with van der Waals surface area (Å²) in [4.78, 5) is 33.6. The number of fused-ring (bicyclic) bond motifs is 1. The van der Waals surface area contributed by atoms with Crippen LogP contribution in [0.4, 0.5) is 0 Å². The number of halogens is 1. The number of nitrogens with zero attached hydrogens (tertiary/aromatic N) is 4. The van der Waals surface area contributed by atoms with E-state index in [1.54, 1.807) is 67.8 Å². The van der Waals surface area contributed by atoms with Crippen LogP contribution in [0.15, 0.2) is 82.7 Å². The second-order valence-electron chi connectivity index (χ2n) is 7.70. The maximum absolute atomic E-state index is 12.8. The summed E-state index contributed by atoms with van der Waals surface area (Å²) in [5.74, 6) is -0.688. The first-order valence-corrected chi connectivity index (χ1v) is 12.3. The molecule has 2 aliphatic heterocycles. The number of esters is 1. The van der Waals surface area contributed by atoms with Crippen LogP contribution in [0.5, 0.6) is 11.5 Å². The van der Waals surface area contributed by atoms with E-state index in [1.807, 2.05) is 6.07 Å². The second kappa shape index (κ2) is 10.4. The molecule has 1 amide bonds. The molecule has 0 unspecified atom stereocenters. The second-order valence-corrected chi connectivity index (χ2v) is 9.09. The smallest absolute Gasteiger partial charge is 0.343 e. The first-order valence-electron chi connectivity index (χ1n) is 11.1. The quantitative estimate of drug-likeness (QED) is 0.269. The summed E-state index contributed by atoms with van der Waals surface area (Å²) >= 11 is 7.09. The molecule has 184 valence electrons.